The van der Waals surface area contributed by atoms with E-state index < -0.39 is 12.1 Å². The molecule has 0 radical (unpaired) electrons. The molecule has 0 aliphatic carbocycles. The zero-order valence-corrected chi connectivity index (χ0v) is 18.6. The number of ether oxygens (including phenoxy) is 2. The molecular formula is C25H31FN2O4. The monoisotopic (exact) mass is 442 g/mol. The number of halogens is 1. The number of piperidine rings is 1. The van der Waals surface area contributed by atoms with E-state index >= 15 is 0 Å². The largest absolute Gasteiger partial charge is 0.490 e. The van der Waals surface area contributed by atoms with Gasteiger partial charge in [0.1, 0.15) is 30.3 Å². The van der Waals surface area contributed by atoms with Crippen molar-refractivity contribution in [2.24, 2.45) is 5.92 Å². The molecule has 7 heteroatoms. The van der Waals surface area contributed by atoms with Gasteiger partial charge in [-0.25, -0.2) is 9.18 Å². The Hall–Kier alpha value is -3.09. The van der Waals surface area contributed by atoms with Gasteiger partial charge in [-0.2, -0.15) is 0 Å². The molecule has 2 aromatic rings. The maximum Gasteiger partial charge on any atom is 0.408 e. The Morgan fingerprint density at radius 2 is 1.72 bits per heavy atom. The molecule has 172 valence electrons. The van der Waals surface area contributed by atoms with Crippen LogP contribution in [0, 0.1) is 11.7 Å². The fourth-order valence-electron chi connectivity index (χ4n) is 3.72. The summed E-state index contributed by atoms with van der Waals surface area (Å²) in [4.78, 5) is 27.2. The summed E-state index contributed by atoms with van der Waals surface area (Å²) in [6.07, 6.45) is 1.26. The van der Waals surface area contributed by atoms with Crippen LogP contribution in [0.25, 0.3) is 0 Å². The Labute approximate surface area is 188 Å². The number of amides is 2. The minimum atomic E-state index is -0.632. The molecule has 1 fully saturated rings. The lowest BCUT2D eigenvalue weighted by Crippen LogP contribution is -2.52. The van der Waals surface area contributed by atoms with E-state index in [0.717, 1.165) is 5.56 Å². The lowest BCUT2D eigenvalue weighted by atomic mass is 10.0. The summed E-state index contributed by atoms with van der Waals surface area (Å²) in [5.74, 6) is 0.453. The number of rotatable bonds is 8. The highest BCUT2D eigenvalue weighted by molar-refractivity contribution is 5.85. The molecule has 1 heterocycles. The van der Waals surface area contributed by atoms with Crippen LogP contribution >= 0.6 is 0 Å². The van der Waals surface area contributed by atoms with Crippen LogP contribution in [0.15, 0.2) is 54.6 Å². The second-order valence-electron chi connectivity index (χ2n) is 8.48. The van der Waals surface area contributed by atoms with Crippen LogP contribution in [-0.2, 0) is 16.1 Å². The van der Waals surface area contributed by atoms with Crippen molar-refractivity contribution in [3.63, 3.8) is 0 Å². The molecular weight excluding hydrogens is 411 g/mol. The summed E-state index contributed by atoms with van der Waals surface area (Å²) in [6.45, 7) is 5.27. The number of carbonyl (C=O) groups is 2. The lowest BCUT2D eigenvalue weighted by Gasteiger charge is -2.34. The third kappa shape index (κ3) is 7.25. The normalized spacial score (nSPS) is 15.3. The van der Waals surface area contributed by atoms with Crippen molar-refractivity contribution in [3.8, 4) is 5.75 Å². The molecule has 2 aromatic carbocycles. The molecule has 0 aromatic heterocycles. The van der Waals surface area contributed by atoms with E-state index in [4.69, 9.17) is 9.47 Å². The summed E-state index contributed by atoms with van der Waals surface area (Å²) >= 11 is 0. The van der Waals surface area contributed by atoms with Crippen LogP contribution in [0.3, 0.4) is 0 Å². The fraction of sp³-hybridized carbons (Fsp3) is 0.440. The third-order valence-electron chi connectivity index (χ3n) is 5.38. The third-order valence-corrected chi connectivity index (χ3v) is 5.38. The molecule has 0 saturated carbocycles. The van der Waals surface area contributed by atoms with Crippen LogP contribution in [0.1, 0.15) is 38.7 Å². The predicted molar refractivity (Wildman–Crippen MR) is 120 cm³/mol. The van der Waals surface area contributed by atoms with E-state index in [2.05, 4.69) is 5.32 Å². The number of carbonyl (C=O) groups excluding carboxylic acids is 2. The van der Waals surface area contributed by atoms with Crippen LogP contribution < -0.4 is 10.1 Å². The Balaban J connectivity index is 1.50. The van der Waals surface area contributed by atoms with Crippen LogP contribution in [0.4, 0.5) is 9.18 Å². The van der Waals surface area contributed by atoms with Crippen molar-refractivity contribution >= 4 is 12.0 Å². The fourth-order valence-corrected chi connectivity index (χ4v) is 3.72. The van der Waals surface area contributed by atoms with Gasteiger partial charge >= 0.3 is 6.09 Å². The first-order valence-corrected chi connectivity index (χ1v) is 11.1. The van der Waals surface area contributed by atoms with Crippen molar-refractivity contribution in [3.05, 3.63) is 66.0 Å². The molecule has 1 aliphatic heterocycles. The van der Waals surface area contributed by atoms with E-state index in [0.29, 0.717) is 38.1 Å². The number of hydrogen-bond donors (Lipinski definition) is 1. The first-order valence-electron chi connectivity index (χ1n) is 11.1. The molecule has 32 heavy (non-hydrogen) atoms. The van der Waals surface area contributed by atoms with Crippen LogP contribution in [0.2, 0.25) is 0 Å². The van der Waals surface area contributed by atoms with Crippen molar-refractivity contribution < 1.29 is 23.5 Å². The molecule has 0 bridgehead atoms. The van der Waals surface area contributed by atoms with Crippen molar-refractivity contribution in [2.45, 2.75) is 51.9 Å². The maximum atomic E-state index is 13.1. The molecule has 1 aliphatic rings. The SMILES string of the molecule is CC(C)C[C@H](NC(=O)OCc1ccccc1)C(=O)N1CCC(Oc2ccc(F)cc2)CC1. The van der Waals surface area contributed by atoms with Gasteiger partial charge in [0.15, 0.2) is 0 Å². The standard InChI is InChI=1S/C25H31FN2O4/c1-18(2)16-23(27-25(30)31-17-19-6-4-3-5-7-19)24(29)28-14-12-22(13-15-28)32-21-10-8-20(26)9-11-21/h3-11,18,22-23H,12-17H2,1-2H3,(H,27,30)/t23-/m0/s1. The molecule has 2 amide bonds. The van der Waals surface area contributed by atoms with E-state index in [1.807, 2.05) is 44.2 Å². The Kier molecular flexibility index (Phi) is 8.48. The zero-order valence-electron chi connectivity index (χ0n) is 18.6. The topological polar surface area (TPSA) is 67.9 Å². The van der Waals surface area contributed by atoms with Crippen LogP contribution in [-0.4, -0.2) is 42.1 Å². The smallest absolute Gasteiger partial charge is 0.408 e. The summed E-state index contributed by atoms with van der Waals surface area (Å²) in [5, 5.41) is 2.75. The van der Waals surface area contributed by atoms with Gasteiger partial charge in [0.05, 0.1) is 0 Å². The lowest BCUT2D eigenvalue weighted by molar-refractivity contribution is -0.135. The second-order valence-corrected chi connectivity index (χ2v) is 8.48. The highest BCUT2D eigenvalue weighted by atomic mass is 19.1. The minimum Gasteiger partial charge on any atom is -0.490 e. The highest BCUT2D eigenvalue weighted by Gasteiger charge is 2.30. The average molecular weight is 443 g/mol. The average Bonchev–Trinajstić information content (AvgIpc) is 2.79. The minimum absolute atomic E-state index is 0.0307. The van der Waals surface area contributed by atoms with Crippen molar-refractivity contribution in [1.82, 2.24) is 10.2 Å². The van der Waals surface area contributed by atoms with E-state index in [-0.39, 0.29) is 30.4 Å². The van der Waals surface area contributed by atoms with Gasteiger partial charge in [-0.05, 0) is 42.2 Å². The van der Waals surface area contributed by atoms with E-state index in [1.54, 1.807) is 17.0 Å². The number of nitrogens with one attached hydrogen (secondary N) is 1. The maximum absolute atomic E-state index is 13.1. The highest BCUT2D eigenvalue weighted by Crippen LogP contribution is 2.20. The molecule has 0 unspecified atom stereocenters. The van der Waals surface area contributed by atoms with Gasteiger partial charge in [-0.15, -0.1) is 0 Å². The summed E-state index contributed by atoms with van der Waals surface area (Å²) in [6, 6.07) is 14.7. The van der Waals surface area contributed by atoms with Crippen molar-refractivity contribution in [2.75, 3.05) is 13.1 Å². The van der Waals surface area contributed by atoms with Crippen LogP contribution in [0.5, 0.6) is 5.75 Å². The summed E-state index contributed by atoms with van der Waals surface area (Å²) in [7, 11) is 0. The molecule has 1 saturated heterocycles. The van der Waals surface area contributed by atoms with E-state index in [1.165, 1.54) is 12.1 Å². The zero-order chi connectivity index (χ0) is 22.9. The number of alkyl carbamates (subject to hydrolysis) is 1. The first-order chi connectivity index (χ1) is 15.4. The Bertz CT molecular complexity index is 865. The molecule has 3 rings (SSSR count). The summed E-state index contributed by atoms with van der Waals surface area (Å²) < 4.78 is 24.3. The molecule has 1 N–H and O–H groups in total. The van der Waals surface area contributed by atoms with Gasteiger partial charge in [-0.1, -0.05) is 44.2 Å². The number of benzene rings is 2. The molecule has 1 atom stereocenters. The quantitative estimate of drug-likeness (QED) is 0.652. The first kappa shape index (κ1) is 23.6. The number of nitrogens with zero attached hydrogens (tertiary/aromatic N) is 1. The van der Waals surface area contributed by atoms with Gasteiger partial charge in [0.2, 0.25) is 5.91 Å². The van der Waals surface area contributed by atoms with Gasteiger partial charge in [0, 0.05) is 25.9 Å². The van der Waals surface area contributed by atoms with E-state index in [9.17, 15) is 14.0 Å². The number of hydrogen-bond acceptors (Lipinski definition) is 4. The van der Waals surface area contributed by atoms with Gasteiger partial charge < -0.3 is 19.7 Å². The van der Waals surface area contributed by atoms with Gasteiger partial charge in [-0.3, -0.25) is 4.79 Å². The molecule has 0 spiro atoms. The van der Waals surface area contributed by atoms with Gasteiger partial charge in [0.25, 0.3) is 0 Å². The Morgan fingerprint density at radius 1 is 1.06 bits per heavy atom. The van der Waals surface area contributed by atoms with Crippen molar-refractivity contribution in [1.29, 1.82) is 0 Å². The Morgan fingerprint density at radius 3 is 2.34 bits per heavy atom. The molecule has 6 nitrogen and oxygen atoms in total. The number of likely N-dealkylation sites (tertiary alicyclic amines) is 1. The predicted octanol–water partition coefficient (Wildman–Crippen LogP) is 4.54. The second kappa shape index (κ2) is 11.5. The summed E-state index contributed by atoms with van der Waals surface area (Å²) in [5.41, 5.74) is 0.887.